The van der Waals surface area contributed by atoms with Crippen LogP contribution in [0.2, 0.25) is 0 Å². The molecule has 3 aromatic rings. The van der Waals surface area contributed by atoms with E-state index >= 15 is 0 Å². The number of oxazole rings is 1. The quantitative estimate of drug-likeness (QED) is 0.256. The standard InChI is InChI=1S/C34H46N8O5/c1-22-31(47-21-37-22)20-46-28-5-4-24-15-29(35-18-26(24)14-28)30(44)19-36-34(45)25-16-32(38-27-6-8-41(9-7-27)23(2)43)39-33(17-25)42-12-10-40(3)11-13-42/h4-5,14,16-17,21,27,29-30,35,44H,6-13,15,18-20H2,1-3H3,(H,36,45)(H,38,39)/t29-,30+/m0/s1. The summed E-state index contributed by atoms with van der Waals surface area (Å²) in [5.41, 5.74) is 3.56. The number of nitrogens with zero attached hydrogens (tertiary/aromatic N) is 5. The highest BCUT2D eigenvalue weighted by molar-refractivity contribution is 5.95. The fraction of sp³-hybridized carbons (Fsp3) is 0.529. The first kappa shape index (κ1) is 32.7. The van der Waals surface area contributed by atoms with Gasteiger partial charge in [-0.15, -0.1) is 0 Å². The smallest absolute Gasteiger partial charge is 0.251 e. The lowest BCUT2D eigenvalue weighted by molar-refractivity contribution is -0.129. The van der Waals surface area contributed by atoms with Gasteiger partial charge in [0.15, 0.2) is 12.2 Å². The number of anilines is 2. The average Bonchev–Trinajstić information content (AvgIpc) is 3.50. The van der Waals surface area contributed by atoms with Crippen LogP contribution in [-0.4, -0.2) is 108 Å². The summed E-state index contributed by atoms with van der Waals surface area (Å²) in [5.74, 6) is 2.71. The van der Waals surface area contributed by atoms with Crippen molar-refractivity contribution < 1.29 is 23.8 Å². The molecule has 5 heterocycles. The summed E-state index contributed by atoms with van der Waals surface area (Å²) < 4.78 is 11.3. The van der Waals surface area contributed by atoms with E-state index in [-0.39, 0.29) is 30.4 Å². The number of piperidine rings is 1. The second-order valence-corrected chi connectivity index (χ2v) is 12.9. The van der Waals surface area contributed by atoms with E-state index in [0.29, 0.717) is 49.8 Å². The zero-order valence-corrected chi connectivity index (χ0v) is 27.5. The van der Waals surface area contributed by atoms with Gasteiger partial charge in [-0.25, -0.2) is 9.97 Å². The van der Waals surface area contributed by atoms with Crippen LogP contribution in [0, 0.1) is 6.92 Å². The number of carbonyl (C=O) groups is 2. The molecule has 2 fully saturated rings. The van der Waals surface area contributed by atoms with Gasteiger partial charge in [0.25, 0.3) is 5.91 Å². The number of pyridine rings is 1. The van der Waals surface area contributed by atoms with Crippen LogP contribution < -0.4 is 25.6 Å². The molecular weight excluding hydrogens is 600 g/mol. The summed E-state index contributed by atoms with van der Waals surface area (Å²) in [7, 11) is 2.11. The molecule has 3 aliphatic heterocycles. The Labute approximate surface area is 275 Å². The van der Waals surface area contributed by atoms with E-state index < -0.39 is 6.10 Å². The topological polar surface area (TPSA) is 148 Å². The first-order valence-electron chi connectivity index (χ1n) is 16.5. The number of hydrogen-bond donors (Lipinski definition) is 4. The third kappa shape index (κ3) is 8.21. The van der Waals surface area contributed by atoms with Gasteiger partial charge in [0.2, 0.25) is 5.91 Å². The summed E-state index contributed by atoms with van der Waals surface area (Å²) in [6.07, 6.45) is 2.91. The van der Waals surface area contributed by atoms with Crippen molar-refractivity contribution in [2.45, 2.75) is 64.4 Å². The van der Waals surface area contributed by atoms with Gasteiger partial charge < -0.3 is 44.9 Å². The number of aliphatic hydroxyl groups excluding tert-OH is 1. The fourth-order valence-corrected chi connectivity index (χ4v) is 6.40. The van der Waals surface area contributed by atoms with E-state index in [1.54, 1.807) is 13.0 Å². The number of amides is 2. The van der Waals surface area contributed by atoms with E-state index in [9.17, 15) is 14.7 Å². The van der Waals surface area contributed by atoms with Gasteiger partial charge in [0, 0.05) is 76.9 Å². The van der Waals surface area contributed by atoms with Gasteiger partial charge in [-0.05, 0) is 68.6 Å². The molecule has 13 heteroatoms. The largest absolute Gasteiger partial charge is 0.486 e. The number of aliphatic hydroxyl groups is 1. The minimum atomic E-state index is -0.777. The summed E-state index contributed by atoms with van der Waals surface area (Å²) >= 11 is 0. The van der Waals surface area contributed by atoms with E-state index in [2.05, 4.69) is 37.8 Å². The predicted molar refractivity (Wildman–Crippen MR) is 178 cm³/mol. The van der Waals surface area contributed by atoms with E-state index in [4.69, 9.17) is 14.1 Å². The van der Waals surface area contributed by atoms with Gasteiger partial charge in [0.1, 0.15) is 24.0 Å². The minimum absolute atomic E-state index is 0.0985. The fourth-order valence-electron chi connectivity index (χ4n) is 6.40. The van der Waals surface area contributed by atoms with Crippen LogP contribution in [0.3, 0.4) is 0 Å². The molecular formula is C34H46N8O5. The van der Waals surface area contributed by atoms with Crippen molar-refractivity contribution in [2.75, 3.05) is 63.1 Å². The Morgan fingerprint density at radius 1 is 1.11 bits per heavy atom. The number of benzene rings is 1. The predicted octanol–water partition coefficient (Wildman–Crippen LogP) is 1.94. The molecule has 0 saturated carbocycles. The number of carbonyl (C=O) groups excluding carboxylic acids is 2. The average molecular weight is 647 g/mol. The van der Waals surface area contributed by atoms with Gasteiger partial charge >= 0.3 is 0 Å². The molecule has 2 saturated heterocycles. The molecule has 47 heavy (non-hydrogen) atoms. The minimum Gasteiger partial charge on any atom is -0.486 e. The summed E-state index contributed by atoms with van der Waals surface area (Å²) in [4.78, 5) is 40.6. The molecule has 1 aromatic carbocycles. The van der Waals surface area contributed by atoms with Crippen molar-refractivity contribution in [2.24, 2.45) is 0 Å². The maximum Gasteiger partial charge on any atom is 0.251 e. The molecule has 0 spiro atoms. The molecule has 0 unspecified atom stereocenters. The molecule has 13 nitrogen and oxygen atoms in total. The lowest BCUT2D eigenvalue weighted by Gasteiger charge is -2.34. The van der Waals surface area contributed by atoms with Crippen molar-refractivity contribution >= 4 is 23.5 Å². The van der Waals surface area contributed by atoms with E-state index in [0.717, 1.165) is 67.4 Å². The van der Waals surface area contributed by atoms with Crippen LogP contribution in [0.4, 0.5) is 11.6 Å². The Morgan fingerprint density at radius 3 is 2.62 bits per heavy atom. The number of fused-ring (bicyclic) bond motifs is 1. The Hall–Kier alpha value is -4.20. The lowest BCUT2D eigenvalue weighted by atomic mass is 9.92. The number of rotatable bonds is 10. The van der Waals surface area contributed by atoms with Crippen LogP contribution in [0.5, 0.6) is 5.75 Å². The number of aryl methyl sites for hydroxylation is 1. The highest BCUT2D eigenvalue weighted by Gasteiger charge is 2.27. The molecule has 6 rings (SSSR count). The third-order valence-corrected chi connectivity index (χ3v) is 9.52. The maximum absolute atomic E-state index is 13.5. The van der Waals surface area contributed by atoms with Gasteiger partial charge in [-0.2, -0.15) is 0 Å². The molecule has 0 aliphatic carbocycles. The van der Waals surface area contributed by atoms with Crippen LogP contribution in [0.1, 0.15) is 52.7 Å². The monoisotopic (exact) mass is 646 g/mol. The Balaban J connectivity index is 1.06. The van der Waals surface area contributed by atoms with Crippen molar-refractivity contribution in [1.82, 2.24) is 30.4 Å². The molecule has 0 radical (unpaired) electrons. The molecule has 252 valence electrons. The SMILES string of the molecule is CC(=O)N1CCC(Nc2cc(C(=O)NC[C@@H](O)[C@@H]3Cc4ccc(OCc5ocnc5C)cc4CN3)cc(N3CCN(C)CC3)n2)CC1. The normalized spacial score (nSPS) is 19.6. The summed E-state index contributed by atoms with van der Waals surface area (Å²) in [6, 6.07) is 9.57. The second-order valence-electron chi connectivity index (χ2n) is 12.9. The highest BCUT2D eigenvalue weighted by Crippen LogP contribution is 2.25. The molecule has 0 bridgehead atoms. The summed E-state index contributed by atoms with van der Waals surface area (Å²) in [5, 5.41) is 21.0. The molecule has 2 aromatic heterocycles. The van der Waals surface area contributed by atoms with E-state index in [1.165, 1.54) is 6.39 Å². The highest BCUT2D eigenvalue weighted by atomic mass is 16.5. The van der Waals surface area contributed by atoms with Crippen molar-refractivity contribution in [3.8, 4) is 5.75 Å². The molecule has 2 amide bonds. The first-order chi connectivity index (χ1) is 22.7. The van der Waals surface area contributed by atoms with Gasteiger partial charge in [0.05, 0.1) is 11.8 Å². The summed E-state index contributed by atoms with van der Waals surface area (Å²) in [6.45, 7) is 9.40. The number of likely N-dealkylation sites (tertiary alicyclic amines) is 1. The Kier molecular flexibility index (Phi) is 10.2. The van der Waals surface area contributed by atoms with Crippen LogP contribution in [0.15, 0.2) is 41.1 Å². The number of hydrogen-bond acceptors (Lipinski definition) is 11. The molecule has 4 N–H and O–H groups in total. The zero-order valence-electron chi connectivity index (χ0n) is 27.5. The van der Waals surface area contributed by atoms with Crippen LogP contribution >= 0.6 is 0 Å². The van der Waals surface area contributed by atoms with Crippen molar-refractivity contribution in [3.05, 3.63) is 64.9 Å². The van der Waals surface area contributed by atoms with Crippen LogP contribution in [0.25, 0.3) is 0 Å². The number of likely N-dealkylation sites (N-methyl/N-ethyl adjacent to an activating group) is 1. The molecule has 3 aliphatic rings. The second kappa shape index (κ2) is 14.7. The number of piperazine rings is 1. The van der Waals surface area contributed by atoms with Gasteiger partial charge in [-0.3, -0.25) is 9.59 Å². The van der Waals surface area contributed by atoms with E-state index in [1.807, 2.05) is 36.1 Å². The lowest BCUT2D eigenvalue weighted by Crippen LogP contribution is -2.49. The zero-order chi connectivity index (χ0) is 32.9. The van der Waals surface area contributed by atoms with Crippen molar-refractivity contribution in [1.29, 1.82) is 0 Å². The third-order valence-electron chi connectivity index (χ3n) is 9.52. The van der Waals surface area contributed by atoms with Crippen LogP contribution in [-0.2, 0) is 24.4 Å². The number of ether oxygens (including phenoxy) is 1. The maximum atomic E-state index is 13.5. The first-order valence-corrected chi connectivity index (χ1v) is 16.5. The molecule has 2 atom stereocenters. The van der Waals surface area contributed by atoms with Crippen molar-refractivity contribution in [3.63, 3.8) is 0 Å². The Morgan fingerprint density at radius 2 is 1.89 bits per heavy atom. The van der Waals surface area contributed by atoms with Gasteiger partial charge in [-0.1, -0.05) is 6.07 Å². The number of aromatic nitrogens is 2. The Bertz CT molecular complexity index is 1550. The number of nitrogens with one attached hydrogen (secondary N) is 3.